The van der Waals surface area contributed by atoms with Crippen molar-refractivity contribution in [1.29, 1.82) is 5.26 Å². The Bertz CT molecular complexity index is 718. The molecule has 1 spiro atoms. The quantitative estimate of drug-likeness (QED) is 0.818. The van der Waals surface area contributed by atoms with Crippen LogP contribution in [0.2, 0.25) is 0 Å². The summed E-state index contributed by atoms with van der Waals surface area (Å²) in [6.45, 7) is 4.80. The molecule has 5 nitrogen and oxygen atoms in total. The van der Waals surface area contributed by atoms with E-state index in [1.54, 1.807) is 6.07 Å². The molecule has 2 saturated heterocycles. The van der Waals surface area contributed by atoms with Gasteiger partial charge in [-0.3, -0.25) is 4.90 Å². The van der Waals surface area contributed by atoms with Crippen molar-refractivity contribution in [2.24, 2.45) is 5.92 Å². The highest BCUT2D eigenvalue weighted by atomic mass is 32.2. The Balaban J connectivity index is 1.71. The average molecular weight is 334 g/mol. The molecule has 124 valence electrons. The van der Waals surface area contributed by atoms with Gasteiger partial charge in [0.1, 0.15) is 4.75 Å². The van der Waals surface area contributed by atoms with Gasteiger partial charge in [0.15, 0.2) is 9.84 Å². The van der Waals surface area contributed by atoms with E-state index in [0.717, 1.165) is 5.56 Å². The Hall–Kier alpha value is -1.42. The van der Waals surface area contributed by atoms with Crippen molar-refractivity contribution < 1.29 is 13.2 Å². The van der Waals surface area contributed by atoms with E-state index in [2.05, 4.69) is 11.0 Å². The van der Waals surface area contributed by atoms with E-state index in [9.17, 15) is 8.42 Å². The molecule has 2 aliphatic rings. The van der Waals surface area contributed by atoms with Crippen molar-refractivity contribution in [3.8, 4) is 6.07 Å². The van der Waals surface area contributed by atoms with Gasteiger partial charge in [-0.05, 0) is 25.0 Å². The second kappa shape index (κ2) is 6.23. The minimum absolute atomic E-state index is 0.0925. The second-order valence-electron chi connectivity index (χ2n) is 6.44. The summed E-state index contributed by atoms with van der Waals surface area (Å²) in [7, 11) is -3.06. The summed E-state index contributed by atoms with van der Waals surface area (Å²) in [5.74, 6) is 0.364. The number of nitriles is 1. The molecular weight excluding hydrogens is 312 g/mol. The summed E-state index contributed by atoms with van der Waals surface area (Å²) >= 11 is 0. The van der Waals surface area contributed by atoms with E-state index in [1.807, 2.05) is 25.1 Å². The van der Waals surface area contributed by atoms with Crippen molar-refractivity contribution in [2.75, 3.05) is 32.1 Å². The molecule has 2 fully saturated rings. The third-order valence-corrected chi connectivity index (χ3v) is 7.74. The first-order valence-electron chi connectivity index (χ1n) is 8.03. The van der Waals surface area contributed by atoms with Crippen LogP contribution >= 0.6 is 0 Å². The number of hydrogen-bond donors (Lipinski definition) is 0. The molecule has 2 aliphatic heterocycles. The van der Waals surface area contributed by atoms with Crippen molar-refractivity contribution in [2.45, 2.75) is 24.6 Å². The average Bonchev–Trinajstić information content (AvgIpc) is 2.77. The fourth-order valence-electron chi connectivity index (χ4n) is 3.80. The summed E-state index contributed by atoms with van der Waals surface area (Å²) in [4.78, 5) is 2.12. The van der Waals surface area contributed by atoms with E-state index < -0.39 is 14.6 Å². The SMILES string of the molecule is CCOCC1CCS(=O)(=O)C12CN(Cc1ccccc1C#N)C2. The zero-order valence-corrected chi connectivity index (χ0v) is 14.2. The maximum Gasteiger partial charge on any atom is 0.158 e. The Labute approximate surface area is 137 Å². The van der Waals surface area contributed by atoms with Crippen LogP contribution in [0.1, 0.15) is 24.5 Å². The lowest BCUT2D eigenvalue weighted by atomic mass is 9.83. The van der Waals surface area contributed by atoms with Crippen molar-refractivity contribution in [1.82, 2.24) is 4.90 Å². The molecule has 0 N–H and O–H groups in total. The van der Waals surface area contributed by atoms with Gasteiger partial charge in [0.25, 0.3) is 0 Å². The molecule has 0 aliphatic carbocycles. The largest absolute Gasteiger partial charge is 0.381 e. The van der Waals surface area contributed by atoms with Gasteiger partial charge in [0, 0.05) is 32.2 Å². The van der Waals surface area contributed by atoms with Gasteiger partial charge in [0.2, 0.25) is 0 Å². The summed E-state index contributed by atoms with van der Waals surface area (Å²) in [6, 6.07) is 9.69. The Morgan fingerprint density at radius 1 is 1.39 bits per heavy atom. The molecule has 1 aromatic carbocycles. The molecule has 0 bridgehead atoms. The maximum atomic E-state index is 12.5. The van der Waals surface area contributed by atoms with Crippen LogP contribution in [0.15, 0.2) is 24.3 Å². The van der Waals surface area contributed by atoms with Crippen LogP contribution in [0.4, 0.5) is 0 Å². The summed E-state index contributed by atoms with van der Waals surface area (Å²) in [5, 5.41) is 9.17. The first-order valence-corrected chi connectivity index (χ1v) is 9.68. The molecule has 6 heteroatoms. The normalized spacial score (nSPS) is 25.1. The van der Waals surface area contributed by atoms with E-state index >= 15 is 0 Å². The van der Waals surface area contributed by atoms with Gasteiger partial charge in [-0.15, -0.1) is 0 Å². The van der Waals surface area contributed by atoms with Crippen LogP contribution in [0.25, 0.3) is 0 Å². The molecule has 1 aromatic rings. The topological polar surface area (TPSA) is 70.4 Å². The predicted octanol–water partition coefficient (Wildman–Crippen LogP) is 1.58. The Kier molecular flexibility index (Phi) is 4.45. The first kappa shape index (κ1) is 16.4. The smallest absolute Gasteiger partial charge is 0.158 e. The van der Waals surface area contributed by atoms with Crippen LogP contribution in [0, 0.1) is 17.2 Å². The number of ether oxygens (including phenoxy) is 1. The van der Waals surface area contributed by atoms with Crippen molar-refractivity contribution in [3.05, 3.63) is 35.4 Å². The number of nitrogens with zero attached hydrogens (tertiary/aromatic N) is 2. The fraction of sp³-hybridized carbons (Fsp3) is 0.588. The molecule has 0 saturated carbocycles. The Morgan fingerprint density at radius 3 is 2.83 bits per heavy atom. The van der Waals surface area contributed by atoms with Gasteiger partial charge in [0.05, 0.1) is 24.0 Å². The van der Waals surface area contributed by atoms with E-state index in [-0.39, 0.29) is 11.7 Å². The maximum absolute atomic E-state index is 12.5. The molecular formula is C17H22N2O3S. The number of hydrogen-bond acceptors (Lipinski definition) is 5. The minimum atomic E-state index is -3.06. The van der Waals surface area contributed by atoms with Crippen LogP contribution in [0.3, 0.4) is 0 Å². The lowest BCUT2D eigenvalue weighted by molar-refractivity contribution is 0.0292. The molecule has 2 heterocycles. The van der Waals surface area contributed by atoms with Gasteiger partial charge in [-0.1, -0.05) is 18.2 Å². The molecule has 0 radical (unpaired) electrons. The van der Waals surface area contributed by atoms with Gasteiger partial charge in [-0.25, -0.2) is 8.42 Å². The lowest BCUT2D eigenvalue weighted by Gasteiger charge is -2.50. The van der Waals surface area contributed by atoms with E-state index in [4.69, 9.17) is 10.00 Å². The van der Waals surface area contributed by atoms with Crippen LogP contribution in [-0.4, -0.2) is 50.1 Å². The third kappa shape index (κ3) is 2.78. The van der Waals surface area contributed by atoms with Gasteiger partial charge >= 0.3 is 0 Å². The zero-order chi connectivity index (χ0) is 16.5. The third-order valence-electron chi connectivity index (χ3n) is 5.14. The Morgan fingerprint density at radius 2 is 2.13 bits per heavy atom. The van der Waals surface area contributed by atoms with E-state index in [0.29, 0.717) is 44.8 Å². The number of rotatable bonds is 5. The second-order valence-corrected chi connectivity index (χ2v) is 8.89. The molecule has 1 atom stereocenters. The van der Waals surface area contributed by atoms with E-state index in [1.165, 1.54) is 0 Å². The summed E-state index contributed by atoms with van der Waals surface area (Å²) in [6.07, 6.45) is 0.699. The van der Waals surface area contributed by atoms with Gasteiger partial charge < -0.3 is 4.74 Å². The monoisotopic (exact) mass is 334 g/mol. The molecule has 3 rings (SSSR count). The molecule has 0 amide bonds. The zero-order valence-electron chi connectivity index (χ0n) is 13.4. The molecule has 1 unspecified atom stereocenters. The minimum Gasteiger partial charge on any atom is -0.381 e. The number of benzene rings is 1. The predicted molar refractivity (Wildman–Crippen MR) is 87.6 cm³/mol. The fourth-order valence-corrected chi connectivity index (χ4v) is 6.25. The number of likely N-dealkylation sites (tertiary alicyclic amines) is 1. The van der Waals surface area contributed by atoms with Crippen LogP contribution in [0.5, 0.6) is 0 Å². The lowest BCUT2D eigenvalue weighted by Crippen LogP contribution is -2.67. The highest BCUT2D eigenvalue weighted by molar-refractivity contribution is 7.93. The highest BCUT2D eigenvalue weighted by Crippen LogP contribution is 2.45. The van der Waals surface area contributed by atoms with Gasteiger partial charge in [-0.2, -0.15) is 5.26 Å². The van der Waals surface area contributed by atoms with Crippen molar-refractivity contribution >= 4 is 9.84 Å². The van der Waals surface area contributed by atoms with Crippen molar-refractivity contribution in [3.63, 3.8) is 0 Å². The molecule has 0 aromatic heterocycles. The summed E-state index contributed by atoms with van der Waals surface area (Å²) < 4.78 is 29.9. The van der Waals surface area contributed by atoms with Crippen LogP contribution < -0.4 is 0 Å². The summed E-state index contributed by atoms with van der Waals surface area (Å²) in [5.41, 5.74) is 1.62. The van der Waals surface area contributed by atoms with Crippen LogP contribution in [-0.2, 0) is 21.1 Å². The highest BCUT2D eigenvalue weighted by Gasteiger charge is 2.61. The standard InChI is InChI=1S/C17H22N2O3S/c1-2-22-11-16-7-8-23(20,21)17(16)12-19(13-17)10-15-6-4-3-5-14(15)9-18/h3-6,16H,2,7-8,10-13H2,1H3. The first-order chi connectivity index (χ1) is 11.0. The number of sulfone groups is 1. The molecule has 23 heavy (non-hydrogen) atoms.